The second-order valence-corrected chi connectivity index (χ2v) is 9.76. The number of nitrogens with one attached hydrogen (secondary N) is 1. The molecule has 8 nitrogen and oxygen atoms in total. The van der Waals surface area contributed by atoms with Crippen LogP contribution in [0.4, 0.5) is 0 Å². The maximum atomic E-state index is 13.0. The number of aliphatic imine (C=N–C) groups is 1. The lowest BCUT2D eigenvalue weighted by Crippen LogP contribution is -2.35. The quantitative estimate of drug-likeness (QED) is 0.343. The Balaban J connectivity index is 1.43. The number of thioether (sulfide) groups is 1. The number of aromatic nitrogens is 3. The summed E-state index contributed by atoms with van der Waals surface area (Å²) in [6.07, 6.45) is 6.88. The second kappa shape index (κ2) is 9.14. The summed E-state index contributed by atoms with van der Waals surface area (Å²) in [7, 11) is 0. The number of nitrogens with zero attached hydrogens (tertiary/aromatic N) is 6. The summed E-state index contributed by atoms with van der Waals surface area (Å²) >= 11 is 4.72. The van der Waals surface area contributed by atoms with Gasteiger partial charge in [-0.3, -0.25) is 15.2 Å². The van der Waals surface area contributed by atoms with Gasteiger partial charge in [0.15, 0.2) is 5.84 Å². The zero-order valence-electron chi connectivity index (χ0n) is 18.5. The molecule has 0 saturated heterocycles. The van der Waals surface area contributed by atoms with E-state index in [1.165, 1.54) is 16.8 Å². The first-order chi connectivity index (χ1) is 17.6. The molecular weight excluding hydrogens is 538 g/mol. The van der Waals surface area contributed by atoms with Crippen LogP contribution in [0.3, 0.4) is 0 Å². The largest absolute Gasteiger partial charge is 0.283 e. The van der Waals surface area contributed by atoms with Crippen LogP contribution in [0.5, 0.6) is 0 Å². The molecule has 4 aromatic rings. The van der Waals surface area contributed by atoms with Gasteiger partial charge in [0.2, 0.25) is 5.17 Å². The third-order valence-electron chi connectivity index (χ3n) is 5.54. The van der Waals surface area contributed by atoms with Crippen LogP contribution in [0.1, 0.15) is 11.1 Å². The number of rotatable bonds is 4. The van der Waals surface area contributed by atoms with Crippen LogP contribution >= 0.6 is 27.7 Å². The van der Waals surface area contributed by atoms with E-state index in [9.17, 15) is 4.79 Å². The minimum Gasteiger partial charge on any atom is -0.282 e. The number of carbonyl (C=O) groups excluding carboxylic acids is 1. The number of amides is 1. The van der Waals surface area contributed by atoms with Gasteiger partial charge in [-0.15, -0.1) is 0 Å². The molecule has 174 valence electrons. The molecule has 2 aromatic heterocycles. The maximum absolute atomic E-state index is 13.0. The van der Waals surface area contributed by atoms with E-state index >= 15 is 0 Å². The molecule has 1 N–H and O–H groups in total. The average Bonchev–Trinajstić information content (AvgIpc) is 3.53. The van der Waals surface area contributed by atoms with Crippen LogP contribution in [0.15, 0.2) is 105 Å². The lowest BCUT2D eigenvalue weighted by molar-refractivity contribution is -0.114. The summed E-state index contributed by atoms with van der Waals surface area (Å²) in [5.74, 6) is -0.527. The van der Waals surface area contributed by atoms with E-state index in [0.29, 0.717) is 21.5 Å². The number of hydrazone groups is 1. The third-order valence-corrected chi connectivity index (χ3v) is 7.03. The van der Waals surface area contributed by atoms with E-state index < -0.39 is 5.91 Å². The molecule has 1 amide bonds. The topological polar surface area (TPSA) is 99.6 Å². The van der Waals surface area contributed by atoms with Crippen molar-refractivity contribution in [3.05, 3.63) is 106 Å². The first kappa shape index (κ1) is 22.3. The number of benzene rings is 2. The normalized spacial score (nSPS) is 16.2. The Kier molecular flexibility index (Phi) is 5.67. The summed E-state index contributed by atoms with van der Waals surface area (Å²) in [6, 6.07) is 21.2. The minimum atomic E-state index is -0.490. The Morgan fingerprint density at radius 1 is 0.972 bits per heavy atom. The fraction of sp³-hybridized carbons (Fsp3) is 0. The summed E-state index contributed by atoms with van der Waals surface area (Å²) in [5.41, 5.74) is 4.08. The van der Waals surface area contributed by atoms with Crippen molar-refractivity contribution in [1.29, 1.82) is 5.41 Å². The second-order valence-electron chi connectivity index (χ2n) is 7.89. The maximum Gasteiger partial charge on any atom is 0.283 e. The van der Waals surface area contributed by atoms with Gasteiger partial charge in [-0.2, -0.15) is 20.2 Å². The summed E-state index contributed by atoms with van der Waals surface area (Å²) < 4.78 is 2.72. The lowest BCUT2D eigenvalue weighted by Gasteiger charge is -2.20. The highest BCUT2D eigenvalue weighted by Crippen LogP contribution is 2.32. The summed E-state index contributed by atoms with van der Waals surface area (Å²) in [6.45, 7) is 0. The van der Waals surface area contributed by atoms with E-state index in [1.54, 1.807) is 23.2 Å². The van der Waals surface area contributed by atoms with Gasteiger partial charge in [0, 0.05) is 39.8 Å². The first-order valence-electron chi connectivity index (χ1n) is 10.9. The van der Waals surface area contributed by atoms with Gasteiger partial charge in [-0.05, 0) is 54.2 Å². The van der Waals surface area contributed by atoms with E-state index in [4.69, 9.17) is 10.5 Å². The highest BCUT2D eigenvalue weighted by Gasteiger charge is 2.36. The smallest absolute Gasteiger partial charge is 0.282 e. The minimum absolute atomic E-state index is 0.0365. The van der Waals surface area contributed by atoms with Crippen LogP contribution in [0, 0.1) is 5.41 Å². The van der Waals surface area contributed by atoms with Crippen molar-refractivity contribution in [2.24, 2.45) is 10.1 Å². The van der Waals surface area contributed by atoms with Gasteiger partial charge in [-0.25, -0.2) is 4.68 Å². The molecule has 36 heavy (non-hydrogen) atoms. The first-order valence-corrected chi connectivity index (χ1v) is 12.5. The zero-order valence-corrected chi connectivity index (χ0v) is 20.9. The van der Waals surface area contributed by atoms with Gasteiger partial charge in [0.25, 0.3) is 5.91 Å². The van der Waals surface area contributed by atoms with Crippen molar-refractivity contribution in [3.8, 4) is 16.9 Å². The molecular formula is C26H16BrN7OS. The van der Waals surface area contributed by atoms with Gasteiger partial charge in [0.1, 0.15) is 5.04 Å². The van der Waals surface area contributed by atoms with E-state index in [2.05, 4.69) is 31.0 Å². The summed E-state index contributed by atoms with van der Waals surface area (Å²) in [4.78, 5) is 21.4. The monoisotopic (exact) mass is 553 g/mol. The van der Waals surface area contributed by atoms with Crippen molar-refractivity contribution in [2.75, 3.05) is 0 Å². The fourth-order valence-electron chi connectivity index (χ4n) is 3.79. The molecule has 2 aromatic carbocycles. The standard InChI is InChI=1S/C26H16BrN7OS/c27-19-10-8-16(9-11-19)22-18(15-33(31-22)20-6-2-1-3-7-20)13-21-23(28)34-26(30-24(21)35)36-25(32-34)17-5-4-12-29-14-17/h1-15,28H/b21-13-,28-23?. The van der Waals surface area contributed by atoms with Crippen LogP contribution in [-0.2, 0) is 4.79 Å². The number of halogens is 1. The number of hydrogen-bond acceptors (Lipinski definition) is 6. The van der Waals surface area contributed by atoms with E-state index in [0.717, 1.165) is 21.3 Å². The number of hydrogen-bond donors (Lipinski definition) is 1. The van der Waals surface area contributed by atoms with Crippen LogP contribution in [0.25, 0.3) is 23.0 Å². The highest BCUT2D eigenvalue weighted by molar-refractivity contribution is 9.10. The SMILES string of the molecule is N=C1/C(=C/c2cn(-c3ccccc3)nc2-c2ccc(Br)cc2)C(=O)N=C2SC(c3cccnc3)=NN12. The Morgan fingerprint density at radius 2 is 1.78 bits per heavy atom. The molecule has 0 fully saturated rings. The fourth-order valence-corrected chi connectivity index (χ4v) is 4.94. The lowest BCUT2D eigenvalue weighted by atomic mass is 10.0. The van der Waals surface area contributed by atoms with Crippen LogP contribution in [-0.4, -0.2) is 41.7 Å². The van der Waals surface area contributed by atoms with E-state index in [1.807, 2.05) is 72.9 Å². The van der Waals surface area contributed by atoms with Crippen molar-refractivity contribution in [2.45, 2.75) is 0 Å². The molecule has 0 unspecified atom stereocenters. The number of para-hydroxylation sites is 1. The molecule has 0 aliphatic carbocycles. The molecule has 0 atom stereocenters. The molecule has 2 aliphatic heterocycles. The predicted octanol–water partition coefficient (Wildman–Crippen LogP) is 5.36. The molecule has 0 spiro atoms. The summed E-state index contributed by atoms with van der Waals surface area (Å²) in [5, 5.41) is 20.5. The van der Waals surface area contributed by atoms with Gasteiger partial charge in [-0.1, -0.05) is 46.3 Å². The van der Waals surface area contributed by atoms with Crippen LogP contribution in [0.2, 0.25) is 0 Å². The molecule has 0 saturated carbocycles. The van der Waals surface area contributed by atoms with Gasteiger partial charge >= 0.3 is 0 Å². The van der Waals surface area contributed by atoms with Crippen molar-refractivity contribution < 1.29 is 4.79 Å². The molecule has 6 rings (SSSR count). The Bertz CT molecular complexity index is 1590. The Hall–Kier alpha value is -4.15. The number of amidine groups is 2. The van der Waals surface area contributed by atoms with Gasteiger partial charge < -0.3 is 0 Å². The number of fused-ring (bicyclic) bond motifs is 1. The number of carbonyl (C=O) groups is 1. The molecule has 2 aliphatic rings. The average molecular weight is 554 g/mol. The molecule has 10 heteroatoms. The van der Waals surface area contributed by atoms with E-state index in [-0.39, 0.29) is 11.4 Å². The van der Waals surface area contributed by atoms with Gasteiger partial charge in [0.05, 0.1) is 17.0 Å². The Morgan fingerprint density at radius 3 is 2.53 bits per heavy atom. The third kappa shape index (κ3) is 4.10. The van der Waals surface area contributed by atoms with Crippen molar-refractivity contribution >= 4 is 55.7 Å². The number of pyridine rings is 1. The molecule has 0 bridgehead atoms. The molecule has 0 radical (unpaired) electrons. The predicted molar refractivity (Wildman–Crippen MR) is 145 cm³/mol. The van der Waals surface area contributed by atoms with Crippen LogP contribution < -0.4 is 0 Å². The highest BCUT2D eigenvalue weighted by atomic mass is 79.9. The van der Waals surface area contributed by atoms with Crippen molar-refractivity contribution in [1.82, 2.24) is 19.8 Å². The molecule has 4 heterocycles. The van der Waals surface area contributed by atoms with Crippen molar-refractivity contribution in [3.63, 3.8) is 0 Å². The Labute approximate surface area is 218 Å². The zero-order chi connectivity index (χ0) is 24.6.